The summed E-state index contributed by atoms with van der Waals surface area (Å²) in [5, 5.41) is 0. The number of halogens is 2. The highest BCUT2D eigenvalue weighted by Gasteiger charge is 2.28. The summed E-state index contributed by atoms with van der Waals surface area (Å²) in [6.45, 7) is 4.63. The van der Waals surface area contributed by atoms with Gasteiger partial charge in [0.1, 0.15) is 17.9 Å². The van der Waals surface area contributed by atoms with Gasteiger partial charge in [0, 0.05) is 6.04 Å². The summed E-state index contributed by atoms with van der Waals surface area (Å²) in [6.07, 6.45) is 0. The van der Waals surface area contributed by atoms with Gasteiger partial charge in [0.25, 0.3) is 5.91 Å². The Bertz CT molecular complexity index is 547. The number of esters is 1. The second-order valence-corrected chi connectivity index (χ2v) is 4.66. The first-order valence-electron chi connectivity index (χ1n) is 6.49. The van der Waals surface area contributed by atoms with Crippen LogP contribution in [-0.2, 0) is 9.53 Å². The summed E-state index contributed by atoms with van der Waals surface area (Å²) < 4.78 is 32.4. The van der Waals surface area contributed by atoms with Crippen LogP contribution in [0.3, 0.4) is 0 Å². The number of carbonyl (C=O) groups is 2. The van der Waals surface area contributed by atoms with E-state index in [4.69, 9.17) is 10.5 Å². The van der Waals surface area contributed by atoms with Gasteiger partial charge in [-0.1, -0.05) is 0 Å². The lowest BCUT2D eigenvalue weighted by atomic mass is 10.1. The number of nitrogens with two attached hydrogens (primary N) is 1. The predicted molar refractivity (Wildman–Crippen MR) is 73.6 cm³/mol. The van der Waals surface area contributed by atoms with E-state index in [2.05, 4.69) is 0 Å². The highest BCUT2D eigenvalue weighted by molar-refractivity contribution is 5.97. The second-order valence-electron chi connectivity index (χ2n) is 4.66. The fourth-order valence-electron chi connectivity index (χ4n) is 1.74. The highest BCUT2D eigenvalue weighted by atomic mass is 19.1. The van der Waals surface area contributed by atoms with Gasteiger partial charge in [0.05, 0.1) is 12.3 Å². The van der Waals surface area contributed by atoms with Crippen molar-refractivity contribution in [2.24, 2.45) is 0 Å². The van der Waals surface area contributed by atoms with Gasteiger partial charge in [-0.05, 0) is 32.9 Å². The van der Waals surface area contributed by atoms with Crippen molar-refractivity contribution in [2.45, 2.75) is 26.8 Å². The van der Waals surface area contributed by atoms with Crippen molar-refractivity contribution in [2.75, 3.05) is 18.9 Å². The summed E-state index contributed by atoms with van der Waals surface area (Å²) in [5.74, 6) is -3.75. The molecule has 1 aromatic rings. The molecule has 21 heavy (non-hydrogen) atoms. The minimum Gasteiger partial charge on any atom is -0.465 e. The molecule has 0 atom stereocenters. The van der Waals surface area contributed by atoms with Gasteiger partial charge in [-0.25, -0.2) is 8.78 Å². The Kier molecular flexibility index (Phi) is 5.63. The van der Waals surface area contributed by atoms with E-state index in [1.807, 2.05) is 0 Å². The molecule has 0 bridgehead atoms. The molecule has 0 radical (unpaired) electrons. The molecule has 7 heteroatoms. The first-order valence-corrected chi connectivity index (χ1v) is 6.49. The van der Waals surface area contributed by atoms with Crippen LogP contribution in [-0.4, -0.2) is 36.0 Å². The summed E-state index contributed by atoms with van der Waals surface area (Å²) >= 11 is 0. The SMILES string of the molecule is CCOC(=O)CN(C(=O)c1c(F)ccc(N)c1F)C(C)C. The molecule has 0 aromatic heterocycles. The first kappa shape index (κ1) is 16.9. The molecule has 0 heterocycles. The molecule has 0 aliphatic rings. The molecule has 116 valence electrons. The predicted octanol–water partition coefficient (Wildman–Crippen LogP) is 1.96. The monoisotopic (exact) mass is 300 g/mol. The van der Waals surface area contributed by atoms with Crippen molar-refractivity contribution in [3.63, 3.8) is 0 Å². The Morgan fingerprint density at radius 2 is 1.95 bits per heavy atom. The van der Waals surface area contributed by atoms with E-state index < -0.39 is 41.7 Å². The van der Waals surface area contributed by atoms with Gasteiger partial charge in [-0.15, -0.1) is 0 Å². The number of anilines is 1. The molecule has 2 N–H and O–H groups in total. The standard InChI is InChI=1S/C14H18F2N2O3/c1-4-21-11(19)7-18(8(2)3)14(20)12-9(15)5-6-10(17)13(12)16/h5-6,8H,4,7,17H2,1-3H3. The average molecular weight is 300 g/mol. The minimum atomic E-state index is -1.13. The van der Waals surface area contributed by atoms with Crippen LogP contribution in [0.2, 0.25) is 0 Å². The fourth-order valence-corrected chi connectivity index (χ4v) is 1.74. The maximum atomic E-state index is 13.9. The highest BCUT2D eigenvalue weighted by Crippen LogP contribution is 2.21. The zero-order valence-corrected chi connectivity index (χ0v) is 12.2. The molecule has 0 saturated heterocycles. The molecular formula is C14H18F2N2O3. The number of hydrogen-bond donors (Lipinski definition) is 1. The zero-order valence-electron chi connectivity index (χ0n) is 12.2. The molecule has 0 aliphatic heterocycles. The molecule has 1 amide bonds. The van der Waals surface area contributed by atoms with Crippen LogP contribution < -0.4 is 5.73 Å². The van der Waals surface area contributed by atoms with Crippen molar-refractivity contribution in [3.05, 3.63) is 29.3 Å². The first-order chi connectivity index (χ1) is 9.79. The molecule has 0 saturated carbocycles. The Balaban J connectivity index is 3.13. The molecule has 1 aromatic carbocycles. The molecule has 0 unspecified atom stereocenters. The van der Waals surface area contributed by atoms with E-state index in [1.54, 1.807) is 20.8 Å². The largest absolute Gasteiger partial charge is 0.465 e. The Labute approximate surface area is 121 Å². The van der Waals surface area contributed by atoms with Crippen molar-refractivity contribution in [1.82, 2.24) is 4.90 Å². The number of carbonyl (C=O) groups excluding carboxylic acids is 2. The van der Waals surface area contributed by atoms with Gasteiger partial charge in [0.2, 0.25) is 0 Å². The fraction of sp³-hybridized carbons (Fsp3) is 0.429. The second kappa shape index (κ2) is 7.01. The van der Waals surface area contributed by atoms with E-state index >= 15 is 0 Å². The van der Waals surface area contributed by atoms with Crippen LogP contribution in [0.4, 0.5) is 14.5 Å². The van der Waals surface area contributed by atoms with Crippen LogP contribution in [0.5, 0.6) is 0 Å². The smallest absolute Gasteiger partial charge is 0.325 e. The number of hydrogen-bond acceptors (Lipinski definition) is 4. The molecule has 5 nitrogen and oxygen atoms in total. The molecular weight excluding hydrogens is 282 g/mol. The van der Waals surface area contributed by atoms with Crippen molar-refractivity contribution < 1.29 is 23.1 Å². The van der Waals surface area contributed by atoms with Crippen molar-refractivity contribution in [3.8, 4) is 0 Å². The van der Waals surface area contributed by atoms with Crippen molar-refractivity contribution >= 4 is 17.6 Å². The van der Waals surface area contributed by atoms with Crippen molar-refractivity contribution in [1.29, 1.82) is 0 Å². The van der Waals surface area contributed by atoms with Crippen LogP contribution in [0.15, 0.2) is 12.1 Å². The lowest BCUT2D eigenvalue weighted by Crippen LogP contribution is -2.42. The minimum absolute atomic E-state index is 0.153. The van der Waals surface area contributed by atoms with Crippen LogP contribution in [0, 0.1) is 11.6 Å². The summed E-state index contributed by atoms with van der Waals surface area (Å²) in [5.41, 5.74) is 4.24. The Morgan fingerprint density at radius 1 is 1.33 bits per heavy atom. The normalized spacial score (nSPS) is 10.6. The number of nitrogen functional groups attached to an aromatic ring is 1. The summed E-state index contributed by atoms with van der Waals surface area (Å²) in [6, 6.07) is 1.50. The average Bonchev–Trinajstić information content (AvgIpc) is 2.40. The Hall–Kier alpha value is -2.18. The topological polar surface area (TPSA) is 72.6 Å². The third-order valence-corrected chi connectivity index (χ3v) is 2.82. The van der Waals surface area contributed by atoms with Gasteiger partial charge in [0.15, 0.2) is 5.82 Å². The van der Waals surface area contributed by atoms with Gasteiger partial charge in [-0.2, -0.15) is 0 Å². The molecule has 0 fully saturated rings. The quantitative estimate of drug-likeness (QED) is 0.666. The number of rotatable bonds is 5. The third kappa shape index (κ3) is 3.90. The summed E-state index contributed by atoms with van der Waals surface area (Å²) in [7, 11) is 0. The lowest BCUT2D eigenvalue weighted by molar-refractivity contribution is -0.144. The number of ether oxygens (including phenoxy) is 1. The molecule has 0 spiro atoms. The molecule has 0 aliphatic carbocycles. The van der Waals surface area contributed by atoms with E-state index in [1.165, 1.54) is 0 Å². The number of nitrogens with zero attached hydrogens (tertiary/aromatic N) is 1. The van der Waals surface area contributed by atoms with Gasteiger partial charge in [-0.3, -0.25) is 9.59 Å². The van der Waals surface area contributed by atoms with Crippen LogP contribution in [0.1, 0.15) is 31.1 Å². The summed E-state index contributed by atoms with van der Waals surface area (Å²) in [4.78, 5) is 24.8. The van der Waals surface area contributed by atoms with Crippen LogP contribution >= 0.6 is 0 Å². The van der Waals surface area contributed by atoms with E-state index in [0.29, 0.717) is 0 Å². The van der Waals surface area contributed by atoms with E-state index in [-0.39, 0.29) is 12.3 Å². The van der Waals surface area contributed by atoms with E-state index in [9.17, 15) is 18.4 Å². The van der Waals surface area contributed by atoms with Gasteiger partial charge < -0.3 is 15.4 Å². The number of amides is 1. The van der Waals surface area contributed by atoms with Gasteiger partial charge >= 0.3 is 5.97 Å². The maximum absolute atomic E-state index is 13.9. The zero-order chi connectivity index (χ0) is 16.2. The molecule has 1 rings (SSSR count). The Morgan fingerprint density at radius 3 is 2.48 bits per heavy atom. The maximum Gasteiger partial charge on any atom is 0.325 e. The third-order valence-electron chi connectivity index (χ3n) is 2.82. The van der Waals surface area contributed by atoms with Crippen LogP contribution in [0.25, 0.3) is 0 Å². The lowest BCUT2D eigenvalue weighted by Gasteiger charge is -2.26. The van der Waals surface area contributed by atoms with E-state index in [0.717, 1.165) is 17.0 Å². The number of benzene rings is 1.